The van der Waals surface area contributed by atoms with Crippen molar-refractivity contribution < 1.29 is 80.2 Å². The van der Waals surface area contributed by atoms with Crippen LogP contribution < -0.4 is 0 Å². The van der Waals surface area contributed by atoms with E-state index in [1.54, 1.807) is 0 Å². The Kier molecular flexibility index (Phi) is 59.2. The Morgan fingerprint density at radius 2 is 0.535 bits per heavy atom. The van der Waals surface area contributed by atoms with Crippen LogP contribution in [0.15, 0.2) is 0 Å². The normalized spacial score (nSPS) is 14.2. The highest BCUT2D eigenvalue weighted by atomic mass is 31.2. The average Bonchev–Trinajstić information content (AvgIpc) is 3.61. The van der Waals surface area contributed by atoms with Gasteiger partial charge >= 0.3 is 39.5 Å². The van der Waals surface area contributed by atoms with Gasteiger partial charge in [-0.3, -0.25) is 37.3 Å². The number of rotatable bonds is 67. The molecular weight excluding hydrogens is 1140 g/mol. The molecule has 0 aliphatic carbocycles. The zero-order valence-electron chi connectivity index (χ0n) is 55.4. The highest BCUT2D eigenvalue weighted by molar-refractivity contribution is 7.47. The lowest BCUT2D eigenvalue weighted by Crippen LogP contribution is -2.30. The van der Waals surface area contributed by atoms with Gasteiger partial charge in [0.15, 0.2) is 12.2 Å². The van der Waals surface area contributed by atoms with E-state index in [9.17, 15) is 43.2 Å². The van der Waals surface area contributed by atoms with Crippen LogP contribution >= 0.6 is 15.6 Å². The molecule has 510 valence electrons. The summed E-state index contributed by atoms with van der Waals surface area (Å²) in [7, 11) is -9.89. The van der Waals surface area contributed by atoms with E-state index in [1.807, 2.05) is 0 Å². The maximum Gasteiger partial charge on any atom is 0.472 e. The zero-order valence-corrected chi connectivity index (χ0v) is 57.2. The monoisotopic (exact) mass is 1270 g/mol. The van der Waals surface area contributed by atoms with Gasteiger partial charge in [-0.05, 0) is 31.6 Å². The fourth-order valence-corrected chi connectivity index (χ4v) is 11.7. The molecule has 0 bridgehead atoms. The van der Waals surface area contributed by atoms with E-state index in [1.165, 1.54) is 161 Å². The first kappa shape index (κ1) is 84.1. The minimum atomic E-state index is -4.95. The summed E-state index contributed by atoms with van der Waals surface area (Å²) < 4.78 is 68.1. The van der Waals surface area contributed by atoms with Gasteiger partial charge in [0.05, 0.1) is 26.4 Å². The predicted octanol–water partition coefficient (Wildman–Crippen LogP) is 19.0. The number of phosphoric acid groups is 2. The molecule has 0 spiro atoms. The van der Waals surface area contributed by atoms with Gasteiger partial charge in [0.2, 0.25) is 0 Å². The molecule has 17 nitrogen and oxygen atoms in total. The van der Waals surface area contributed by atoms with Crippen molar-refractivity contribution in [3.63, 3.8) is 0 Å². The van der Waals surface area contributed by atoms with Crippen molar-refractivity contribution in [1.29, 1.82) is 0 Å². The second-order valence-electron chi connectivity index (χ2n) is 24.7. The van der Waals surface area contributed by atoms with Crippen molar-refractivity contribution in [2.75, 3.05) is 39.6 Å². The van der Waals surface area contributed by atoms with E-state index < -0.39 is 97.5 Å². The van der Waals surface area contributed by atoms with E-state index in [2.05, 4.69) is 34.6 Å². The van der Waals surface area contributed by atoms with Crippen molar-refractivity contribution in [3.8, 4) is 0 Å². The van der Waals surface area contributed by atoms with Gasteiger partial charge in [0.25, 0.3) is 0 Å². The lowest BCUT2D eigenvalue weighted by atomic mass is 10.0. The minimum absolute atomic E-state index is 0.106. The Bertz CT molecular complexity index is 1670. The van der Waals surface area contributed by atoms with Crippen LogP contribution in [0, 0.1) is 5.92 Å². The first-order chi connectivity index (χ1) is 41.5. The molecule has 0 rings (SSSR count). The standard InChI is InChI=1S/C67H130O17P2/c1-6-9-12-15-18-21-23-24-28-32-36-41-46-51-65(70)78-57-63(84-67(72)53-48-43-38-33-29-26-25-27-30-34-39-44-49-60(4)5)59-82-86(75,76)80-55-61(68)54-79-85(73,74)81-58-62(56-77-64(69)50-45-40-35-20-17-14-11-8-3)83-66(71)52-47-42-37-31-22-19-16-13-10-7-2/h60-63,68H,6-59H2,1-5H3,(H,73,74)(H,75,76)/t61-,62+,63+/m0/s1. The molecule has 0 saturated heterocycles. The van der Waals surface area contributed by atoms with E-state index >= 15 is 0 Å². The van der Waals surface area contributed by atoms with E-state index in [-0.39, 0.29) is 25.7 Å². The Hall–Kier alpha value is -1.94. The first-order valence-corrected chi connectivity index (χ1v) is 38.1. The molecule has 5 atom stereocenters. The molecule has 0 radical (unpaired) electrons. The van der Waals surface area contributed by atoms with Gasteiger partial charge in [0.1, 0.15) is 19.3 Å². The average molecular weight is 1270 g/mol. The molecule has 19 heteroatoms. The van der Waals surface area contributed by atoms with Crippen molar-refractivity contribution in [3.05, 3.63) is 0 Å². The second-order valence-corrected chi connectivity index (χ2v) is 27.6. The molecule has 0 aromatic rings. The zero-order chi connectivity index (χ0) is 63.5. The van der Waals surface area contributed by atoms with Gasteiger partial charge in [-0.25, -0.2) is 9.13 Å². The van der Waals surface area contributed by atoms with E-state index in [4.69, 9.17) is 37.0 Å². The van der Waals surface area contributed by atoms with Crippen molar-refractivity contribution in [2.45, 2.75) is 361 Å². The number of ether oxygens (including phenoxy) is 4. The molecule has 0 aromatic heterocycles. The summed E-state index contributed by atoms with van der Waals surface area (Å²) in [5, 5.41) is 10.6. The van der Waals surface area contributed by atoms with Gasteiger partial charge in [-0.15, -0.1) is 0 Å². The van der Waals surface area contributed by atoms with Crippen LogP contribution in [0.1, 0.15) is 343 Å². The maximum atomic E-state index is 13.0. The van der Waals surface area contributed by atoms with Crippen LogP contribution in [0.3, 0.4) is 0 Å². The number of unbranched alkanes of at least 4 members (excludes halogenated alkanes) is 39. The fourth-order valence-electron chi connectivity index (χ4n) is 10.1. The third kappa shape index (κ3) is 60.9. The van der Waals surface area contributed by atoms with E-state index in [0.29, 0.717) is 25.7 Å². The molecular formula is C67H130O17P2. The van der Waals surface area contributed by atoms with E-state index in [0.717, 1.165) is 102 Å². The van der Waals surface area contributed by atoms with Gasteiger partial charge < -0.3 is 33.8 Å². The summed E-state index contributed by atoms with van der Waals surface area (Å²) in [5.74, 6) is -1.35. The Morgan fingerprint density at radius 3 is 0.791 bits per heavy atom. The first-order valence-electron chi connectivity index (χ1n) is 35.1. The van der Waals surface area contributed by atoms with Crippen LogP contribution in [0.2, 0.25) is 0 Å². The SMILES string of the molecule is CCCCCCCCCCCCCCCC(=O)OC[C@H](COP(=O)(O)OC[C@@H](O)COP(=O)(O)OC[C@@H](COC(=O)CCCCCCCCCC)OC(=O)CCCCCCCCCCCC)OC(=O)CCCCCCCCCCCCCCC(C)C. The number of aliphatic hydroxyl groups excluding tert-OH is 1. The van der Waals surface area contributed by atoms with Crippen LogP contribution in [0.25, 0.3) is 0 Å². The molecule has 0 aromatic carbocycles. The lowest BCUT2D eigenvalue weighted by Gasteiger charge is -2.21. The molecule has 0 amide bonds. The van der Waals surface area contributed by atoms with Crippen LogP contribution in [-0.4, -0.2) is 96.7 Å². The smallest absolute Gasteiger partial charge is 0.462 e. The summed E-state index contributed by atoms with van der Waals surface area (Å²) in [6.45, 7) is 7.20. The molecule has 0 aliphatic rings. The molecule has 86 heavy (non-hydrogen) atoms. The second kappa shape index (κ2) is 60.6. The number of aliphatic hydroxyl groups is 1. The number of hydrogen-bond donors (Lipinski definition) is 3. The molecule has 0 aliphatic heterocycles. The topological polar surface area (TPSA) is 237 Å². The minimum Gasteiger partial charge on any atom is -0.462 e. The third-order valence-corrected chi connectivity index (χ3v) is 17.4. The van der Waals surface area contributed by atoms with Gasteiger partial charge in [0, 0.05) is 25.7 Å². The lowest BCUT2D eigenvalue weighted by molar-refractivity contribution is -0.161. The van der Waals surface area contributed by atoms with Gasteiger partial charge in [-0.1, -0.05) is 291 Å². The number of esters is 4. The van der Waals surface area contributed by atoms with Crippen LogP contribution in [-0.2, 0) is 65.4 Å². The quantitative estimate of drug-likeness (QED) is 0.0222. The summed E-state index contributed by atoms with van der Waals surface area (Å²) in [6, 6.07) is 0. The molecule has 2 unspecified atom stereocenters. The van der Waals surface area contributed by atoms with Crippen LogP contribution in [0.5, 0.6) is 0 Å². The number of phosphoric ester groups is 2. The van der Waals surface area contributed by atoms with Gasteiger partial charge in [-0.2, -0.15) is 0 Å². The highest BCUT2D eigenvalue weighted by Gasteiger charge is 2.30. The Morgan fingerprint density at radius 1 is 0.314 bits per heavy atom. The molecule has 0 heterocycles. The predicted molar refractivity (Wildman–Crippen MR) is 345 cm³/mol. The number of carbonyl (C=O) groups excluding carboxylic acids is 4. The molecule has 0 saturated carbocycles. The largest absolute Gasteiger partial charge is 0.472 e. The van der Waals surface area contributed by atoms with Crippen LogP contribution in [0.4, 0.5) is 0 Å². The Labute approximate surface area is 524 Å². The number of hydrogen-bond acceptors (Lipinski definition) is 15. The Balaban J connectivity index is 5.22. The fraction of sp³-hybridized carbons (Fsp3) is 0.940. The third-order valence-electron chi connectivity index (χ3n) is 15.5. The highest BCUT2D eigenvalue weighted by Crippen LogP contribution is 2.45. The molecule has 0 fully saturated rings. The van der Waals surface area contributed by atoms with Crippen molar-refractivity contribution >= 4 is 39.5 Å². The van der Waals surface area contributed by atoms with Crippen molar-refractivity contribution in [2.24, 2.45) is 5.92 Å². The summed E-state index contributed by atoms with van der Waals surface area (Å²) in [6.07, 6.45) is 45.7. The molecule has 3 N–H and O–H groups in total. The summed E-state index contributed by atoms with van der Waals surface area (Å²) >= 11 is 0. The van der Waals surface area contributed by atoms with Crippen molar-refractivity contribution in [1.82, 2.24) is 0 Å². The summed E-state index contributed by atoms with van der Waals surface area (Å²) in [4.78, 5) is 72.3. The summed E-state index contributed by atoms with van der Waals surface area (Å²) in [5.41, 5.74) is 0. The number of carbonyl (C=O) groups is 4. The maximum absolute atomic E-state index is 13.0.